The third kappa shape index (κ3) is 2.48. The first-order valence-electron chi connectivity index (χ1n) is 9.42. The highest BCUT2D eigenvalue weighted by molar-refractivity contribution is 6.17. The first kappa shape index (κ1) is 16.6. The summed E-state index contributed by atoms with van der Waals surface area (Å²) in [6.45, 7) is 4.54. The Morgan fingerprint density at radius 1 is 0.857 bits per heavy atom. The minimum atomic E-state index is 0.431. The average molecular weight is 363 g/mol. The fraction of sp³-hybridized carbons (Fsp3) is 0.0400. The highest BCUT2D eigenvalue weighted by Crippen LogP contribution is 2.38. The van der Waals surface area contributed by atoms with E-state index in [1.54, 1.807) is 0 Å². The molecule has 0 aliphatic heterocycles. The number of hydrogen-bond donors (Lipinski definition) is 2. The van der Waals surface area contributed by atoms with Gasteiger partial charge in [-0.1, -0.05) is 55.1 Å². The van der Waals surface area contributed by atoms with Gasteiger partial charge < -0.3 is 15.6 Å². The summed E-state index contributed by atoms with van der Waals surface area (Å²) in [6, 6.07) is 27.4. The maximum absolute atomic E-state index is 6.15. The molecule has 5 rings (SSSR count). The Kier molecular flexibility index (Phi) is 3.89. The van der Waals surface area contributed by atoms with E-state index in [4.69, 9.17) is 5.73 Å². The Bertz CT molecular complexity index is 1330. The predicted octanol–water partition coefficient (Wildman–Crippen LogP) is 6.25. The molecule has 0 amide bonds. The molecule has 0 aliphatic rings. The minimum Gasteiger partial charge on any atom is -0.355 e. The summed E-state index contributed by atoms with van der Waals surface area (Å²) in [4.78, 5) is 0. The summed E-state index contributed by atoms with van der Waals surface area (Å²) in [5.41, 5.74) is 11.6. The summed E-state index contributed by atoms with van der Waals surface area (Å²) in [6.07, 6.45) is 1.93. The topological polar surface area (TPSA) is 43.0 Å². The van der Waals surface area contributed by atoms with Crippen molar-refractivity contribution in [1.29, 1.82) is 0 Å². The molecular weight excluding hydrogens is 342 g/mol. The molecule has 0 saturated carbocycles. The van der Waals surface area contributed by atoms with Crippen molar-refractivity contribution in [2.75, 3.05) is 5.32 Å². The number of benzene rings is 4. The van der Waals surface area contributed by atoms with Gasteiger partial charge in [-0.2, -0.15) is 0 Å². The van der Waals surface area contributed by atoms with Crippen molar-refractivity contribution in [3.8, 4) is 0 Å². The molecule has 0 fully saturated rings. The molecule has 28 heavy (non-hydrogen) atoms. The molecule has 4 aromatic carbocycles. The van der Waals surface area contributed by atoms with Crippen LogP contribution in [0, 0.1) is 0 Å². The van der Waals surface area contributed by atoms with E-state index in [2.05, 4.69) is 77.1 Å². The van der Waals surface area contributed by atoms with Crippen LogP contribution in [-0.2, 0) is 6.67 Å². The Morgan fingerprint density at radius 3 is 2.29 bits per heavy atom. The van der Waals surface area contributed by atoms with Gasteiger partial charge >= 0.3 is 0 Å². The molecule has 0 unspecified atom stereocenters. The standard InChI is InChI=1S/C25H21N3/c1-2-20-22(27-19-10-4-3-5-11-19)12-13-23-25(20)21-14-17-8-6-7-9-18(17)15-24(21)28(23)16-26/h2-15,27H,1,16,26H2. The second kappa shape index (κ2) is 6.55. The van der Waals surface area contributed by atoms with Gasteiger partial charge in [0.2, 0.25) is 0 Å². The fourth-order valence-electron chi connectivity index (χ4n) is 4.09. The lowest BCUT2D eigenvalue weighted by Gasteiger charge is -2.12. The number of hydrogen-bond acceptors (Lipinski definition) is 2. The smallest absolute Gasteiger partial charge is 0.0707 e. The maximum Gasteiger partial charge on any atom is 0.0707 e. The van der Waals surface area contributed by atoms with Crippen LogP contribution in [0.2, 0.25) is 0 Å². The number of nitrogens with one attached hydrogen (secondary N) is 1. The maximum atomic E-state index is 6.15. The SMILES string of the molecule is C=Cc1c(Nc2ccccc2)ccc2c1c1cc3ccccc3cc1n2CN. The van der Waals surface area contributed by atoms with Gasteiger partial charge in [-0.3, -0.25) is 0 Å². The lowest BCUT2D eigenvalue weighted by Crippen LogP contribution is -2.06. The number of aromatic nitrogens is 1. The lowest BCUT2D eigenvalue weighted by molar-refractivity contribution is 0.791. The molecule has 136 valence electrons. The summed E-state index contributed by atoms with van der Waals surface area (Å²) in [5.74, 6) is 0. The first-order chi connectivity index (χ1) is 13.8. The largest absolute Gasteiger partial charge is 0.355 e. The zero-order chi connectivity index (χ0) is 19.1. The number of rotatable bonds is 4. The van der Waals surface area contributed by atoms with Gasteiger partial charge in [0.15, 0.2) is 0 Å². The van der Waals surface area contributed by atoms with Crippen LogP contribution in [0.5, 0.6) is 0 Å². The molecular formula is C25H21N3. The summed E-state index contributed by atoms with van der Waals surface area (Å²) in [7, 11) is 0. The van der Waals surface area contributed by atoms with Crippen molar-refractivity contribution < 1.29 is 0 Å². The molecule has 0 aliphatic carbocycles. The molecule has 3 nitrogen and oxygen atoms in total. The van der Waals surface area contributed by atoms with Gasteiger partial charge in [0.1, 0.15) is 0 Å². The molecule has 5 aromatic rings. The summed E-state index contributed by atoms with van der Waals surface area (Å²) < 4.78 is 2.18. The molecule has 0 radical (unpaired) electrons. The van der Waals surface area contributed by atoms with Crippen LogP contribution in [0.15, 0.2) is 85.4 Å². The Hall–Kier alpha value is -3.56. The van der Waals surface area contributed by atoms with E-state index >= 15 is 0 Å². The number of fused-ring (bicyclic) bond motifs is 4. The van der Waals surface area contributed by atoms with E-state index in [0.717, 1.165) is 28.0 Å². The third-order valence-electron chi connectivity index (χ3n) is 5.38. The van der Waals surface area contributed by atoms with Gasteiger partial charge in [-0.15, -0.1) is 0 Å². The second-order valence-electron chi connectivity index (χ2n) is 6.94. The van der Waals surface area contributed by atoms with Crippen LogP contribution in [-0.4, -0.2) is 4.57 Å². The van der Waals surface area contributed by atoms with Gasteiger partial charge in [-0.05, 0) is 47.2 Å². The van der Waals surface area contributed by atoms with Crippen LogP contribution in [0.1, 0.15) is 5.56 Å². The molecule has 0 spiro atoms. The van der Waals surface area contributed by atoms with Gasteiger partial charge in [-0.25, -0.2) is 0 Å². The molecule has 3 N–H and O–H groups in total. The van der Waals surface area contributed by atoms with E-state index in [-0.39, 0.29) is 0 Å². The number of nitrogens with zero attached hydrogens (tertiary/aromatic N) is 1. The fourth-order valence-corrected chi connectivity index (χ4v) is 4.09. The van der Waals surface area contributed by atoms with Crippen LogP contribution in [0.4, 0.5) is 11.4 Å². The molecule has 0 saturated heterocycles. The van der Waals surface area contributed by atoms with Crippen molar-refractivity contribution in [3.05, 3.63) is 91.0 Å². The van der Waals surface area contributed by atoms with Crippen molar-refractivity contribution in [3.63, 3.8) is 0 Å². The zero-order valence-corrected chi connectivity index (χ0v) is 15.5. The summed E-state index contributed by atoms with van der Waals surface area (Å²) in [5, 5.41) is 8.36. The van der Waals surface area contributed by atoms with Crippen molar-refractivity contribution in [2.24, 2.45) is 5.73 Å². The Labute approximate surface area is 163 Å². The monoisotopic (exact) mass is 363 g/mol. The van der Waals surface area contributed by atoms with Gasteiger partial charge in [0, 0.05) is 27.7 Å². The number of para-hydroxylation sites is 1. The molecule has 0 atom stereocenters. The zero-order valence-electron chi connectivity index (χ0n) is 15.5. The first-order valence-corrected chi connectivity index (χ1v) is 9.42. The molecule has 1 heterocycles. The van der Waals surface area contributed by atoms with E-state index in [1.165, 1.54) is 21.5 Å². The minimum absolute atomic E-state index is 0.431. The Balaban J connectivity index is 1.85. The molecule has 0 bridgehead atoms. The second-order valence-corrected chi connectivity index (χ2v) is 6.94. The van der Waals surface area contributed by atoms with E-state index in [1.807, 2.05) is 24.3 Å². The number of anilines is 2. The lowest BCUT2D eigenvalue weighted by atomic mass is 10.0. The molecule has 3 heteroatoms. The quantitative estimate of drug-likeness (QED) is 0.396. The van der Waals surface area contributed by atoms with Crippen LogP contribution in [0.3, 0.4) is 0 Å². The van der Waals surface area contributed by atoms with Crippen molar-refractivity contribution in [1.82, 2.24) is 4.57 Å². The third-order valence-corrected chi connectivity index (χ3v) is 5.38. The van der Waals surface area contributed by atoms with Crippen LogP contribution in [0.25, 0.3) is 38.7 Å². The molecule has 1 aromatic heterocycles. The predicted molar refractivity (Wildman–Crippen MR) is 121 cm³/mol. The highest BCUT2D eigenvalue weighted by atomic mass is 15.0. The van der Waals surface area contributed by atoms with E-state index in [0.29, 0.717) is 6.67 Å². The summed E-state index contributed by atoms with van der Waals surface area (Å²) >= 11 is 0. The van der Waals surface area contributed by atoms with Crippen LogP contribution < -0.4 is 11.1 Å². The van der Waals surface area contributed by atoms with Gasteiger partial charge in [0.05, 0.1) is 17.7 Å². The van der Waals surface area contributed by atoms with Crippen molar-refractivity contribution >= 4 is 50.0 Å². The number of nitrogens with two attached hydrogens (primary N) is 1. The van der Waals surface area contributed by atoms with Crippen LogP contribution >= 0.6 is 0 Å². The average Bonchev–Trinajstić information content (AvgIpc) is 3.05. The normalized spacial score (nSPS) is 11.3. The highest BCUT2D eigenvalue weighted by Gasteiger charge is 2.16. The van der Waals surface area contributed by atoms with E-state index in [9.17, 15) is 0 Å². The van der Waals surface area contributed by atoms with E-state index < -0.39 is 0 Å². The van der Waals surface area contributed by atoms with Crippen molar-refractivity contribution in [2.45, 2.75) is 6.67 Å². The van der Waals surface area contributed by atoms with Gasteiger partial charge in [0.25, 0.3) is 0 Å². The Morgan fingerprint density at radius 2 is 1.57 bits per heavy atom.